The molecule has 0 bridgehead atoms. The first-order valence-corrected chi connectivity index (χ1v) is 4.75. The molecule has 0 aliphatic carbocycles. The summed E-state index contributed by atoms with van der Waals surface area (Å²) in [7, 11) is 0. The van der Waals surface area contributed by atoms with Crippen molar-refractivity contribution >= 4 is 5.78 Å². The van der Waals surface area contributed by atoms with Crippen molar-refractivity contribution in [2.45, 2.75) is 6.92 Å². The highest BCUT2D eigenvalue weighted by atomic mass is 19.1. The Morgan fingerprint density at radius 2 is 2.12 bits per heavy atom. The number of aromatic nitrogens is 2. The van der Waals surface area contributed by atoms with E-state index in [-0.39, 0.29) is 17.0 Å². The summed E-state index contributed by atoms with van der Waals surface area (Å²) in [6.07, 6.45) is 4.27. The summed E-state index contributed by atoms with van der Waals surface area (Å²) in [5.74, 6) is -0.721. The molecule has 1 heterocycles. The molecule has 1 aromatic carbocycles. The van der Waals surface area contributed by atoms with E-state index in [9.17, 15) is 9.18 Å². The van der Waals surface area contributed by atoms with Gasteiger partial charge in [-0.2, -0.15) is 0 Å². The number of ketones is 1. The Labute approximate surface area is 92.0 Å². The lowest BCUT2D eigenvalue weighted by molar-refractivity contribution is 0.103. The fourth-order valence-electron chi connectivity index (χ4n) is 1.30. The molecular formula is C12H9FN2O. The Kier molecular flexibility index (Phi) is 2.72. The van der Waals surface area contributed by atoms with E-state index in [2.05, 4.69) is 9.97 Å². The van der Waals surface area contributed by atoms with Crippen LogP contribution in [0.3, 0.4) is 0 Å². The van der Waals surface area contributed by atoms with Gasteiger partial charge in [-0.3, -0.25) is 9.78 Å². The van der Waals surface area contributed by atoms with Crippen LogP contribution in [0.4, 0.5) is 4.39 Å². The van der Waals surface area contributed by atoms with Crippen molar-refractivity contribution in [1.82, 2.24) is 9.97 Å². The van der Waals surface area contributed by atoms with Crippen LogP contribution >= 0.6 is 0 Å². The molecule has 4 heteroatoms. The van der Waals surface area contributed by atoms with E-state index in [0.29, 0.717) is 5.56 Å². The first-order valence-electron chi connectivity index (χ1n) is 4.75. The van der Waals surface area contributed by atoms with Crippen LogP contribution in [0.15, 0.2) is 36.8 Å². The Balaban J connectivity index is 2.39. The van der Waals surface area contributed by atoms with Crippen LogP contribution in [0.2, 0.25) is 0 Å². The summed E-state index contributed by atoms with van der Waals surface area (Å²) in [6, 6.07) is 4.36. The number of hydrogen-bond donors (Lipinski definition) is 0. The summed E-state index contributed by atoms with van der Waals surface area (Å²) in [4.78, 5) is 19.5. The third-order valence-corrected chi connectivity index (χ3v) is 2.23. The Morgan fingerprint density at radius 1 is 1.31 bits per heavy atom. The highest BCUT2D eigenvalue weighted by Crippen LogP contribution is 2.12. The molecule has 2 aromatic rings. The molecule has 3 nitrogen and oxygen atoms in total. The molecule has 0 aliphatic heterocycles. The van der Waals surface area contributed by atoms with Crippen LogP contribution in [-0.4, -0.2) is 15.8 Å². The quantitative estimate of drug-likeness (QED) is 0.722. The monoisotopic (exact) mass is 216 g/mol. The lowest BCUT2D eigenvalue weighted by Gasteiger charge is -2.01. The molecule has 0 saturated carbocycles. The summed E-state index contributed by atoms with van der Waals surface area (Å²) in [5, 5.41) is 0. The number of aryl methyl sites for hydroxylation is 1. The van der Waals surface area contributed by atoms with Crippen molar-refractivity contribution < 1.29 is 9.18 Å². The van der Waals surface area contributed by atoms with Crippen LogP contribution in [0.1, 0.15) is 21.6 Å². The van der Waals surface area contributed by atoms with E-state index in [0.717, 1.165) is 0 Å². The fraction of sp³-hybridized carbons (Fsp3) is 0.0833. The molecule has 1 aromatic heterocycles. The van der Waals surface area contributed by atoms with Crippen molar-refractivity contribution in [1.29, 1.82) is 0 Å². The predicted octanol–water partition coefficient (Wildman–Crippen LogP) is 2.16. The molecule has 2 rings (SSSR count). The minimum atomic E-state index is -0.394. The van der Waals surface area contributed by atoms with Gasteiger partial charge in [-0.15, -0.1) is 0 Å². The van der Waals surface area contributed by atoms with Crippen LogP contribution in [0.25, 0.3) is 0 Å². The molecule has 0 spiro atoms. The van der Waals surface area contributed by atoms with Gasteiger partial charge in [0, 0.05) is 18.0 Å². The van der Waals surface area contributed by atoms with Crippen molar-refractivity contribution in [2.24, 2.45) is 0 Å². The molecule has 0 radical (unpaired) electrons. The first-order chi connectivity index (χ1) is 7.68. The van der Waals surface area contributed by atoms with E-state index < -0.39 is 5.82 Å². The van der Waals surface area contributed by atoms with Crippen molar-refractivity contribution in [3.63, 3.8) is 0 Å². The highest BCUT2D eigenvalue weighted by Gasteiger charge is 2.11. The Hall–Kier alpha value is -2.10. The third kappa shape index (κ3) is 1.95. The maximum Gasteiger partial charge on any atom is 0.213 e. The molecule has 0 N–H and O–H groups in total. The normalized spacial score (nSPS) is 10.1. The van der Waals surface area contributed by atoms with E-state index in [1.165, 1.54) is 24.7 Å². The maximum absolute atomic E-state index is 13.3. The lowest BCUT2D eigenvalue weighted by Crippen LogP contribution is -2.05. The van der Waals surface area contributed by atoms with Gasteiger partial charge < -0.3 is 0 Å². The molecular weight excluding hydrogens is 207 g/mol. The second-order valence-electron chi connectivity index (χ2n) is 3.38. The van der Waals surface area contributed by atoms with Gasteiger partial charge in [-0.05, 0) is 18.6 Å². The summed E-state index contributed by atoms with van der Waals surface area (Å²) in [5.41, 5.74) is 1.00. The second-order valence-corrected chi connectivity index (χ2v) is 3.38. The summed E-state index contributed by atoms with van der Waals surface area (Å²) >= 11 is 0. The van der Waals surface area contributed by atoms with Gasteiger partial charge in [0.25, 0.3) is 0 Å². The number of hydrogen-bond acceptors (Lipinski definition) is 3. The summed E-state index contributed by atoms with van der Waals surface area (Å²) < 4.78 is 13.3. The average molecular weight is 216 g/mol. The highest BCUT2D eigenvalue weighted by molar-refractivity contribution is 6.07. The Bertz CT molecular complexity index is 526. The van der Waals surface area contributed by atoms with Gasteiger partial charge in [-0.1, -0.05) is 12.1 Å². The van der Waals surface area contributed by atoms with Crippen LogP contribution in [0.5, 0.6) is 0 Å². The zero-order valence-electron chi connectivity index (χ0n) is 8.64. The number of nitrogens with zero attached hydrogens (tertiary/aromatic N) is 2. The third-order valence-electron chi connectivity index (χ3n) is 2.23. The van der Waals surface area contributed by atoms with Crippen molar-refractivity contribution in [2.75, 3.05) is 0 Å². The zero-order chi connectivity index (χ0) is 11.5. The smallest absolute Gasteiger partial charge is 0.213 e. The number of halogens is 1. The largest absolute Gasteiger partial charge is 0.287 e. The minimum Gasteiger partial charge on any atom is -0.287 e. The van der Waals surface area contributed by atoms with E-state index in [1.54, 1.807) is 19.1 Å². The molecule has 16 heavy (non-hydrogen) atoms. The molecule has 0 amide bonds. The van der Waals surface area contributed by atoms with Gasteiger partial charge in [-0.25, -0.2) is 9.37 Å². The molecule has 0 atom stereocenters. The maximum atomic E-state index is 13.3. The fourth-order valence-corrected chi connectivity index (χ4v) is 1.30. The van der Waals surface area contributed by atoms with E-state index >= 15 is 0 Å². The second kappa shape index (κ2) is 4.18. The summed E-state index contributed by atoms with van der Waals surface area (Å²) in [6.45, 7) is 1.64. The molecule has 0 saturated heterocycles. The molecule has 0 aliphatic rings. The lowest BCUT2D eigenvalue weighted by atomic mass is 10.1. The van der Waals surface area contributed by atoms with Gasteiger partial charge in [0.1, 0.15) is 11.5 Å². The number of carbonyl (C=O) groups is 1. The topological polar surface area (TPSA) is 42.9 Å². The number of carbonyl (C=O) groups excluding carboxylic acids is 1. The molecule has 0 unspecified atom stereocenters. The number of benzene rings is 1. The van der Waals surface area contributed by atoms with Crippen molar-refractivity contribution in [3.8, 4) is 0 Å². The SMILES string of the molecule is Cc1ccc(C(=O)c2cnccn2)cc1F. The zero-order valence-corrected chi connectivity index (χ0v) is 8.64. The standard InChI is InChI=1S/C12H9FN2O/c1-8-2-3-9(6-10(8)13)12(16)11-7-14-4-5-15-11/h2-7H,1H3. The van der Waals surface area contributed by atoms with Gasteiger partial charge in [0.2, 0.25) is 5.78 Å². The first kappa shape index (κ1) is 10.4. The molecule has 80 valence electrons. The van der Waals surface area contributed by atoms with Gasteiger partial charge in [0.15, 0.2) is 0 Å². The average Bonchev–Trinajstić information content (AvgIpc) is 2.33. The van der Waals surface area contributed by atoms with Crippen LogP contribution in [-0.2, 0) is 0 Å². The Morgan fingerprint density at radius 3 is 2.75 bits per heavy atom. The predicted molar refractivity (Wildman–Crippen MR) is 56.6 cm³/mol. The van der Waals surface area contributed by atoms with Crippen LogP contribution in [0, 0.1) is 12.7 Å². The van der Waals surface area contributed by atoms with Gasteiger partial charge in [0.05, 0.1) is 6.20 Å². The number of rotatable bonds is 2. The van der Waals surface area contributed by atoms with E-state index in [1.807, 2.05) is 0 Å². The minimum absolute atomic E-state index is 0.214. The van der Waals surface area contributed by atoms with E-state index in [4.69, 9.17) is 0 Å². The van der Waals surface area contributed by atoms with Gasteiger partial charge >= 0.3 is 0 Å². The van der Waals surface area contributed by atoms with Crippen molar-refractivity contribution in [3.05, 3.63) is 59.4 Å². The van der Waals surface area contributed by atoms with Crippen LogP contribution < -0.4 is 0 Å². The molecule has 0 fully saturated rings.